The van der Waals surface area contributed by atoms with Gasteiger partial charge in [-0.05, 0) is 37.7 Å². The van der Waals surface area contributed by atoms with Gasteiger partial charge in [0.05, 0.1) is 0 Å². The molecular weight excluding hydrogens is 188 g/mol. The van der Waals surface area contributed by atoms with Crippen LogP contribution in [0.15, 0.2) is 6.20 Å². The van der Waals surface area contributed by atoms with Gasteiger partial charge in [-0.2, -0.15) is 0 Å². The van der Waals surface area contributed by atoms with Crippen LogP contribution in [0.1, 0.15) is 30.5 Å². The molecule has 1 atom stereocenters. The average Bonchev–Trinajstić information content (AvgIpc) is 3.02. The smallest absolute Gasteiger partial charge is 0.223 e. The predicted molar refractivity (Wildman–Crippen MR) is 58.7 cm³/mol. The number of hydrogen-bond acceptors (Lipinski definition) is 4. The Kier molecular flexibility index (Phi) is 2.09. The minimum absolute atomic E-state index is 0.295. The molecule has 0 aliphatic heterocycles. The van der Waals surface area contributed by atoms with E-state index in [1.54, 1.807) is 0 Å². The molecule has 1 heterocycles. The van der Waals surface area contributed by atoms with Crippen LogP contribution in [0.5, 0.6) is 0 Å². The van der Waals surface area contributed by atoms with Crippen molar-refractivity contribution >= 4 is 5.95 Å². The summed E-state index contributed by atoms with van der Waals surface area (Å²) < 4.78 is 0. The van der Waals surface area contributed by atoms with E-state index in [4.69, 9.17) is 5.73 Å². The summed E-state index contributed by atoms with van der Waals surface area (Å²) in [5.74, 6) is 0.798. The molecule has 1 fully saturated rings. The van der Waals surface area contributed by atoms with E-state index >= 15 is 0 Å². The van der Waals surface area contributed by atoms with Crippen LogP contribution in [0.2, 0.25) is 0 Å². The second-order valence-electron chi connectivity index (χ2n) is 4.59. The number of anilines is 1. The molecule has 0 amide bonds. The first-order chi connectivity index (χ1) is 7.31. The van der Waals surface area contributed by atoms with Gasteiger partial charge in [0.1, 0.15) is 0 Å². The lowest BCUT2D eigenvalue weighted by molar-refractivity contribution is 0.564. The number of aromatic nitrogens is 2. The summed E-state index contributed by atoms with van der Waals surface area (Å²) in [5, 5.41) is 3.32. The van der Waals surface area contributed by atoms with Crippen LogP contribution in [0.25, 0.3) is 0 Å². The third-order valence-corrected chi connectivity index (χ3v) is 3.10. The lowest BCUT2D eigenvalue weighted by Gasteiger charge is -2.20. The molecule has 1 saturated carbocycles. The lowest BCUT2D eigenvalue weighted by Crippen LogP contribution is -2.28. The summed E-state index contributed by atoms with van der Waals surface area (Å²) in [6, 6.07) is 0.914. The van der Waals surface area contributed by atoms with Gasteiger partial charge in [0.2, 0.25) is 5.95 Å². The van der Waals surface area contributed by atoms with Crippen molar-refractivity contribution in [3.63, 3.8) is 0 Å². The Labute approximate surface area is 89.3 Å². The van der Waals surface area contributed by atoms with Crippen molar-refractivity contribution in [2.45, 2.75) is 44.2 Å². The van der Waals surface area contributed by atoms with Crippen LogP contribution in [-0.2, 0) is 12.8 Å². The zero-order valence-electron chi connectivity index (χ0n) is 8.74. The Morgan fingerprint density at radius 3 is 3.00 bits per heavy atom. The van der Waals surface area contributed by atoms with Crippen LogP contribution in [0.4, 0.5) is 5.95 Å². The summed E-state index contributed by atoms with van der Waals surface area (Å²) in [4.78, 5) is 8.88. The van der Waals surface area contributed by atoms with Gasteiger partial charge in [-0.25, -0.2) is 9.97 Å². The second-order valence-corrected chi connectivity index (χ2v) is 4.59. The maximum Gasteiger partial charge on any atom is 0.223 e. The summed E-state index contributed by atoms with van der Waals surface area (Å²) in [6.45, 7) is 0. The van der Waals surface area contributed by atoms with Crippen LogP contribution < -0.4 is 11.1 Å². The monoisotopic (exact) mass is 204 g/mol. The molecule has 1 aromatic heterocycles. The standard InChI is InChI=1S/C11H16N4/c12-8-1-4-10-7(5-8)6-13-11(15-10)14-9-2-3-9/h6,8-9H,1-5,12H2,(H,13,14,15)/t8-/m0/s1. The van der Waals surface area contributed by atoms with Gasteiger partial charge in [0.25, 0.3) is 0 Å². The van der Waals surface area contributed by atoms with E-state index in [9.17, 15) is 0 Å². The Morgan fingerprint density at radius 2 is 2.20 bits per heavy atom. The highest BCUT2D eigenvalue weighted by molar-refractivity contribution is 5.33. The molecule has 3 N–H and O–H groups in total. The molecular formula is C11H16N4. The first-order valence-electron chi connectivity index (χ1n) is 5.68. The number of nitrogens with one attached hydrogen (secondary N) is 1. The fraction of sp³-hybridized carbons (Fsp3) is 0.636. The molecule has 0 radical (unpaired) electrons. The van der Waals surface area contributed by atoms with E-state index in [2.05, 4.69) is 15.3 Å². The van der Waals surface area contributed by atoms with Gasteiger partial charge in [0, 0.05) is 24.0 Å². The van der Waals surface area contributed by atoms with Crippen molar-refractivity contribution in [1.29, 1.82) is 0 Å². The number of nitrogens with zero attached hydrogens (tertiary/aromatic N) is 2. The van der Waals surface area contributed by atoms with Crippen LogP contribution >= 0.6 is 0 Å². The van der Waals surface area contributed by atoms with E-state index in [-0.39, 0.29) is 0 Å². The van der Waals surface area contributed by atoms with Gasteiger partial charge >= 0.3 is 0 Å². The van der Waals surface area contributed by atoms with E-state index in [1.165, 1.54) is 24.1 Å². The highest BCUT2D eigenvalue weighted by atomic mass is 15.1. The maximum absolute atomic E-state index is 5.91. The van der Waals surface area contributed by atoms with Crippen LogP contribution in [-0.4, -0.2) is 22.1 Å². The molecule has 15 heavy (non-hydrogen) atoms. The fourth-order valence-corrected chi connectivity index (χ4v) is 2.02. The summed E-state index contributed by atoms with van der Waals surface area (Å²) in [5.41, 5.74) is 8.33. The fourth-order valence-electron chi connectivity index (χ4n) is 2.02. The first kappa shape index (κ1) is 9.09. The predicted octanol–water partition coefficient (Wildman–Crippen LogP) is 0.867. The van der Waals surface area contributed by atoms with Gasteiger partial charge < -0.3 is 11.1 Å². The molecule has 0 spiro atoms. The van der Waals surface area contributed by atoms with Crippen LogP contribution in [0.3, 0.4) is 0 Å². The highest BCUT2D eigenvalue weighted by Crippen LogP contribution is 2.24. The molecule has 0 bridgehead atoms. The van der Waals surface area contributed by atoms with Gasteiger partial charge in [-0.3, -0.25) is 0 Å². The van der Waals surface area contributed by atoms with E-state index in [0.29, 0.717) is 12.1 Å². The third kappa shape index (κ3) is 1.95. The summed E-state index contributed by atoms with van der Waals surface area (Å²) in [7, 11) is 0. The van der Waals surface area contributed by atoms with Crippen molar-refractivity contribution in [1.82, 2.24) is 9.97 Å². The largest absolute Gasteiger partial charge is 0.351 e. The number of hydrogen-bond donors (Lipinski definition) is 2. The molecule has 2 aliphatic carbocycles. The van der Waals surface area contributed by atoms with E-state index in [0.717, 1.165) is 25.2 Å². The molecule has 3 rings (SSSR count). The van der Waals surface area contributed by atoms with Crippen molar-refractivity contribution in [3.8, 4) is 0 Å². The topological polar surface area (TPSA) is 63.8 Å². The zero-order chi connectivity index (χ0) is 10.3. The first-order valence-corrected chi connectivity index (χ1v) is 5.68. The summed E-state index contributed by atoms with van der Waals surface area (Å²) in [6.07, 6.45) is 7.42. The molecule has 1 aromatic rings. The SMILES string of the molecule is N[C@H]1CCc2nc(NC3CC3)ncc2C1. The molecule has 4 nitrogen and oxygen atoms in total. The van der Waals surface area contributed by atoms with Crippen molar-refractivity contribution < 1.29 is 0 Å². The molecule has 0 unspecified atom stereocenters. The number of fused-ring (bicyclic) bond motifs is 1. The van der Waals surface area contributed by atoms with Crippen molar-refractivity contribution in [2.75, 3.05) is 5.32 Å². The number of aryl methyl sites for hydroxylation is 1. The minimum Gasteiger partial charge on any atom is -0.351 e. The number of rotatable bonds is 2. The van der Waals surface area contributed by atoms with Gasteiger partial charge in [-0.1, -0.05) is 0 Å². The molecule has 4 heteroatoms. The lowest BCUT2D eigenvalue weighted by atomic mass is 9.94. The second kappa shape index (κ2) is 3.45. The molecule has 0 aromatic carbocycles. The van der Waals surface area contributed by atoms with Gasteiger partial charge in [0.15, 0.2) is 0 Å². The third-order valence-electron chi connectivity index (χ3n) is 3.10. The molecule has 0 saturated heterocycles. The average molecular weight is 204 g/mol. The normalized spacial score (nSPS) is 24.7. The van der Waals surface area contributed by atoms with Gasteiger partial charge in [-0.15, -0.1) is 0 Å². The zero-order valence-corrected chi connectivity index (χ0v) is 8.74. The Hall–Kier alpha value is -1.16. The Balaban J connectivity index is 1.82. The van der Waals surface area contributed by atoms with E-state index in [1.807, 2.05) is 6.20 Å². The number of nitrogens with two attached hydrogens (primary N) is 1. The quantitative estimate of drug-likeness (QED) is 0.750. The highest BCUT2D eigenvalue weighted by Gasteiger charge is 2.23. The Morgan fingerprint density at radius 1 is 1.33 bits per heavy atom. The van der Waals surface area contributed by atoms with E-state index < -0.39 is 0 Å². The maximum atomic E-state index is 5.91. The van der Waals surface area contributed by atoms with Crippen molar-refractivity contribution in [3.05, 3.63) is 17.5 Å². The minimum atomic E-state index is 0.295. The van der Waals surface area contributed by atoms with Crippen molar-refractivity contribution in [2.24, 2.45) is 5.73 Å². The molecule has 2 aliphatic rings. The van der Waals surface area contributed by atoms with Crippen LogP contribution in [0, 0.1) is 0 Å². The Bertz CT molecular complexity index is 373. The summed E-state index contributed by atoms with van der Waals surface area (Å²) >= 11 is 0. The molecule has 80 valence electrons.